The Morgan fingerprint density at radius 2 is 1.11 bits per heavy atom. The maximum atomic E-state index is 12.1. The number of alkyl halides is 10. The van der Waals surface area contributed by atoms with Gasteiger partial charge in [0, 0.05) is 0 Å². The average Bonchev–Trinajstić information content (AvgIpc) is 2.08. The first-order valence-corrected chi connectivity index (χ1v) is 3.81. The van der Waals surface area contributed by atoms with Crippen molar-refractivity contribution in [3.8, 4) is 0 Å². The zero-order valence-electron chi connectivity index (χ0n) is 8.01. The van der Waals surface area contributed by atoms with Gasteiger partial charge in [0.05, 0.1) is 0 Å². The zero-order valence-corrected chi connectivity index (χ0v) is 8.01. The fraction of sp³-hybridized carbons (Fsp3) is 1.00. The van der Waals surface area contributed by atoms with Crippen LogP contribution < -0.4 is 0 Å². The smallest absolute Gasteiger partial charge is 0.349 e. The molecule has 0 amide bonds. The Morgan fingerprint density at radius 3 is 1.44 bits per heavy atom. The molecule has 0 spiro atoms. The molecule has 0 bridgehead atoms. The van der Waals surface area contributed by atoms with Crippen LogP contribution in [0.3, 0.4) is 0 Å². The number of hydrogen-bond donors (Lipinski definition) is 0. The summed E-state index contributed by atoms with van der Waals surface area (Å²) in [6, 6.07) is 0. The van der Waals surface area contributed by atoms with Gasteiger partial charge in [0.1, 0.15) is 6.61 Å². The van der Waals surface area contributed by atoms with Crippen molar-refractivity contribution in [3.05, 3.63) is 0 Å². The van der Waals surface area contributed by atoms with Gasteiger partial charge in [-0.25, -0.2) is 0 Å². The average molecular weight is 298 g/mol. The summed E-state index contributed by atoms with van der Waals surface area (Å²) in [5, 5.41) is 0. The SMILES string of the molecule is FC(F)(F)C(F)(F)COCOC(F)(F)C(F)(F)F. The summed E-state index contributed by atoms with van der Waals surface area (Å²) in [4.78, 5) is 0. The highest BCUT2D eigenvalue weighted by atomic mass is 19.4. The molecule has 0 saturated heterocycles. The van der Waals surface area contributed by atoms with E-state index >= 15 is 0 Å². The number of rotatable bonds is 5. The Morgan fingerprint density at radius 1 is 0.667 bits per heavy atom. The maximum absolute atomic E-state index is 12.1. The Hall–Kier alpha value is -0.780. The van der Waals surface area contributed by atoms with Gasteiger partial charge in [-0.05, 0) is 0 Å². The van der Waals surface area contributed by atoms with E-state index in [2.05, 4.69) is 9.47 Å². The molecule has 0 aromatic carbocycles. The van der Waals surface area contributed by atoms with Gasteiger partial charge in [-0.2, -0.15) is 43.9 Å². The van der Waals surface area contributed by atoms with Gasteiger partial charge in [0.25, 0.3) is 0 Å². The van der Waals surface area contributed by atoms with E-state index in [4.69, 9.17) is 0 Å². The highest BCUT2D eigenvalue weighted by molar-refractivity contribution is 4.74. The van der Waals surface area contributed by atoms with E-state index in [9.17, 15) is 43.9 Å². The molecule has 0 aliphatic heterocycles. The highest BCUT2D eigenvalue weighted by Crippen LogP contribution is 2.37. The van der Waals surface area contributed by atoms with E-state index < -0.39 is 37.8 Å². The number of halogens is 10. The monoisotopic (exact) mass is 298 g/mol. The normalized spacial score (nSPS) is 15.0. The summed E-state index contributed by atoms with van der Waals surface area (Å²) < 4.78 is 123. The Labute approximate surface area is 92.4 Å². The van der Waals surface area contributed by atoms with Crippen molar-refractivity contribution < 1.29 is 53.4 Å². The largest absolute Gasteiger partial charge is 0.483 e. The molecule has 0 aliphatic rings. The maximum Gasteiger partial charge on any atom is 0.483 e. The first-order valence-electron chi connectivity index (χ1n) is 3.81. The summed E-state index contributed by atoms with van der Waals surface area (Å²) in [5.41, 5.74) is 0. The summed E-state index contributed by atoms with van der Waals surface area (Å²) >= 11 is 0. The van der Waals surface area contributed by atoms with Crippen LogP contribution in [0.15, 0.2) is 0 Å². The molecule has 0 atom stereocenters. The number of ether oxygens (including phenoxy) is 2. The second-order valence-electron chi connectivity index (χ2n) is 2.83. The lowest BCUT2D eigenvalue weighted by Crippen LogP contribution is -2.43. The molecule has 0 aliphatic carbocycles. The molecule has 0 heterocycles. The van der Waals surface area contributed by atoms with Crippen LogP contribution in [0.1, 0.15) is 0 Å². The van der Waals surface area contributed by atoms with Crippen LogP contribution in [-0.2, 0) is 9.47 Å². The molecule has 0 N–H and O–H groups in total. The van der Waals surface area contributed by atoms with Crippen molar-refractivity contribution in [2.45, 2.75) is 24.4 Å². The van der Waals surface area contributed by atoms with Gasteiger partial charge >= 0.3 is 24.4 Å². The van der Waals surface area contributed by atoms with Gasteiger partial charge in [0.2, 0.25) is 0 Å². The van der Waals surface area contributed by atoms with Crippen LogP contribution in [0.2, 0.25) is 0 Å². The highest BCUT2D eigenvalue weighted by Gasteiger charge is 2.60. The van der Waals surface area contributed by atoms with Crippen LogP contribution in [0.5, 0.6) is 0 Å². The van der Waals surface area contributed by atoms with E-state index in [1.54, 1.807) is 0 Å². The van der Waals surface area contributed by atoms with Gasteiger partial charge in [-0.15, -0.1) is 0 Å². The first kappa shape index (κ1) is 17.2. The van der Waals surface area contributed by atoms with Crippen molar-refractivity contribution in [2.24, 2.45) is 0 Å². The van der Waals surface area contributed by atoms with Crippen molar-refractivity contribution in [2.75, 3.05) is 13.4 Å². The second kappa shape index (κ2) is 5.07. The summed E-state index contributed by atoms with van der Waals surface area (Å²) in [7, 11) is 0. The molecule has 0 fully saturated rings. The fourth-order valence-electron chi connectivity index (χ4n) is 0.449. The predicted molar refractivity (Wildman–Crippen MR) is 33.9 cm³/mol. The minimum atomic E-state index is -6.14. The van der Waals surface area contributed by atoms with Crippen molar-refractivity contribution in [3.63, 3.8) is 0 Å². The Bertz CT molecular complexity index is 239. The molecule has 0 aromatic rings. The van der Waals surface area contributed by atoms with Gasteiger partial charge in [-0.1, -0.05) is 0 Å². The molecule has 0 radical (unpaired) electrons. The van der Waals surface area contributed by atoms with Crippen LogP contribution >= 0.6 is 0 Å². The second-order valence-corrected chi connectivity index (χ2v) is 2.83. The van der Waals surface area contributed by atoms with Crippen LogP contribution in [0.4, 0.5) is 43.9 Å². The molecule has 0 saturated carbocycles. The topological polar surface area (TPSA) is 18.5 Å². The van der Waals surface area contributed by atoms with E-state index in [0.29, 0.717) is 0 Å². The first-order chi connectivity index (χ1) is 7.71. The molecule has 18 heavy (non-hydrogen) atoms. The van der Waals surface area contributed by atoms with E-state index in [1.807, 2.05) is 0 Å². The summed E-state index contributed by atoms with van der Waals surface area (Å²) in [6.07, 6.45) is -17.9. The molecule has 0 rings (SSSR count). The third kappa shape index (κ3) is 4.48. The lowest BCUT2D eigenvalue weighted by molar-refractivity contribution is -0.409. The van der Waals surface area contributed by atoms with E-state index in [-0.39, 0.29) is 0 Å². The predicted octanol–water partition coefficient (Wildman–Crippen LogP) is 3.33. The molecular weight excluding hydrogens is 294 g/mol. The Balaban J connectivity index is 4.17. The molecule has 0 unspecified atom stereocenters. The van der Waals surface area contributed by atoms with E-state index in [0.717, 1.165) is 0 Å². The molecule has 0 aromatic heterocycles. The quantitative estimate of drug-likeness (QED) is 0.440. The van der Waals surface area contributed by atoms with Gasteiger partial charge in [-0.3, -0.25) is 4.74 Å². The van der Waals surface area contributed by atoms with Crippen LogP contribution in [0.25, 0.3) is 0 Å². The van der Waals surface area contributed by atoms with Crippen LogP contribution in [0, 0.1) is 0 Å². The fourth-order valence-corrected chi connectivity index (χ4v) is 0.449. The Kier molecular flexibility index (Phi) is 4.85. The third-order valence-corrected chi connectivity index (χ3v) is 1.35. The summed E-state index contributed by atoms with van der Waals surface area (Å²) in [5.74, 6) is -5.39. The minimum absolute atomic E-state index is 2.09. The minimum Gasteiger partial charge on any atom is -0.349 e. The third-order valence-electron chi connectivity index (χ3n) is 1.35. The molecular formula is C6H4F10O2. The lowest BCUT2D eigenvalue weighted by Gasteiger charge is -2.21. The zero-order chi connectivity index (χ0) is 14.8. The number of hydrogen-bond acceptors (Lipinski definition) is 2. The van der Waals surface area contributed by atoms with Gasteiger partial charge in [0.15, 0.2) is 6.79 Å². The lowest BCUT2D eigenvalue weighted by atomic mass is 10.3. The van der Waals surface area contributed by atoms with E-state index in [1.165, 1.54) is 0 Å². The van der Waals surface area contributed by atoms with Crippen LogP contribution in [-0.4, -0.2) is 37.8 Å². The van der Waals surface area contributed by atoms with Gasteiger partial charge < -0.3 is 4.74 Å². The van der Waals surface area contributed by atoms with Crippen molar-refractivity contribution in [1.29, 1.82) is 0 Å². The molecule has 110 valence electrons. The summed E-state index contributed by atoms with van der Waals surface area (Å²) in [6.45, 7) is -4.53. The van der Waals surface area contributed by atoms with Crippen molar-refractivity contribution >= 4 is 0 Å². The molecule has 2 nitrogen and oxygen atoms in total. The van der Waals surface area contributed by atoms with Crippen molar-refractivity contribution in [1.82, 2.24) is 0 Å². The standard InChI is InChI=1S/C6H4F10O2/c7-3(8,4(9,10)11)1-17-2-18-6(15,16)5(12,13)14/h1-2H2. The molecule has 12 heteroatoms.